The molecule has 0 aliphatic carbocycles. The van der Waals surface area contributed by atoms with Crippen LogP contribution in [0.3, 0.4) is 0 Å². The maximum absolute atomic E-state index is 10.6. The Morgan fingerprint density at radius 3 is 2.38 bits per heavy atom. The molecular formula is C16H13N3O5. The molecule has 0 radical (unpaired) electrons. The van der Waals surface area contributed by atoms with E-state index in [-0.39, 0.29) is 5.82 Å². The summed E-state index contributed by atoms with van der Waals surface area (Å²) in [5.74, 6) is 1.77. The average Bonchev–Trinajstić information content (AvgIpc) is 2.61. The lowest BCUT2D eigenvalue weighted by Crippen LogP contribution is -1.94. The van der Waals surface area contributed by atoms with Crippen LogP contribution >= 0.6 is 0 Å². The van der Waals surface area contributed by atoms with Gasteiger partial charge in [0.1, 0.15) is 5.75 Å². The van der Waals surface area contributed by atoms with E-state index in [1.807, 2.05) is 0 Å². The summed E-state index contributed by atoms with van der Waals surface area (Å²) in [6.45, 7) is 0. The second-order valence-electron chi connectivity index (χ2n) is 4.74. The van der Waals surface area contributed by atoms with Crippen LogP contribution in [0, 0.1) is 10.1 Å². The third-order valence-electron chi connectivity index (χ3n) is 3.34. The largest absolute Gasteiger partial charge is 0.493 e. The Morgan fingerprint density at radius 1 is 1.00 bits per heavy atom. The molecule has 24 heavy (non-hydrogen) atoms. The summed E-state index contributed by atoms with van der Waals surface area (Å²) in [6, 6.07) is 7.96. The van der Waals surface area contributed by atoms with Crippen molar-refractivity contribution in [1.82, 2.24) is 9.97 Å². The number of ether oxygens (including phenoxy) is 3. The predicted molar refractivity (Wildman–Crippen MR) is 85.8 cm³/mol. The van der Waals surface area contributed by atoms with E-state index < -0.39 is 4.92 Å². The van der Waals surface area contributed by atoms with Gasteiger partial charge in [-0.15, -0.1) is 0 Å². The average molecular weight is 327 g/mol. The summed E-state index contributed by atoms with van der Waals surface area (Å²) in [5, 5.41) is 11.4. The smallest absolute Gasteiger partial charge is 0.363 e. The maximum Gasteiger partial charge on any atom is 0.363 e. The van der Waals surface area contributed by atoms with Gasteiger partial charge in [0.2, 0.25) is 0 Å². The Balaban J connectivity index is 2.01. The molecule has 0 saturated carbocycles. The predicted octanol–water partition coefficient (Wildman–Crippen LogP) is 3.35. The van der Waals surface area contributed by atoms with Crippen molar-refractivity contribution < 1.29 is 19.1 Å². The molecule has 0 unspecified atom stereocenters. The third-order valence-corrected chi connectivity index (χ3v) is 3.34. The molecular weight excluding hydrogens is 314 g/mol. The summed E-state index contributed by atoms with van der Waals surface area (Å²) in [6.07, 6.45) is 2.90. The maximum atomic E-state index is 10.6. The van der Waals surface area contributed by atoms with Gasteiger partial charge in [-0.3, -0.25) is 4.98 Å². The van der Waals surface area contributed by atoms with E-state index in [2.05, 4.69) is 9.97 Å². The van der Waals surface area contributed by atoms with Crippen molar-refractivity contribution in [2.45, 2.75) is 0 Å². The molecule has 0 spiro atoms. The number of nitro groups is 1. The van der Waals surface area contributed by atoms with Gasteiger partial charge in [-0.05, 0) is 28.1 Å². The standard InChI is InChI=1S/C16H13N3O5/c1-22-14-7-11-12(8-15(14)23-2)17-6-5-13(11)24-10-3-4-16(18-9-10)19(20)21/h3-9H,1-2H3. The van der Waals surface area contributed by atoms with Crippen molar-refractivity contribution in [2.75, 3.05) is 14.2 Å². The SMILES string of the molecule is COc1cc2nccc(Oc3ccc([N+](=O)[O-])nc3)c2cc1OC. The molecule has 3 aromatic rings. The molecule has 0 amide bonds. The molecule has 1 aromatic carbocycles. The van der Waals surface area contributed by atoms with E-state index >= 15 is 0 Å². The summed E-state index contributed by atoms with van der Waals surface area (Å²) >= 11 is 0. The van der Waals surface area contributed by atoms with Crippen molar-refractivity contribution in [2.24, 2.45) is 0 Å². The first-order valence-corrected chi connectivity index (χ1v) is 6.91. The lowest BCUT2D eigenvalue weighted by atomic mass is 10.2. The van der Waals surface area contributed by atoms with Gasteiger partial charge in [0, 0.05) is 23.7 Å². The number of rotatable bonds is 5. The van der Waals surface area contributed by atoms with Crippen molar-refractivity contribution in [3.05, 3.63) is 52.8 Å². The highest BCUT2D eigenvalue weighted by Gasteiger charge is 2.13. The summed E-state index contributed by atoms with van der Waals surface area (Å²) in [7, 11) is 3.09. The second-order valence-corrected chi connectivity index (χ2v) is 4.74. The molecule has 0 saturated heterocycles. The Kier molecular flexibility index (Phi) is 4.11. The van der Waals surface area contributed by atoms with E-state index in [0.29, 0.717) is 33.9 Å². The molecule has 3 rings (SSSR count). The lowest BCUT2D eigenvalue weighted by Gasteiger charge is -2.11. The number of pyridine rings is 2. The zero-order valence-corrected chi connectivity index (χ0v) is 12.9. The first kappa shape index (κ1) is 15.5. The third kappa shape index (κ3) is 2.89. The van der Waals surface area contributed by atoms with Crippen LogP contribution in [-0.2, 0) is 0 Å². The van der Waals surface area contributed by atoms with Crippen LogP contribution in [0.1, 0.15) is 0 Å². The molecule has 2 aromatic heterocycles. The van der Waals surface area contributed by atoms with Crippen LogP contribution in [0.2, 0.25) is 0 Å². The fraction of sp³-hybridized carbons (Fsp3) is 0.125. The Hall–Kier alpha value is -3.42. The molecule has 0 aliphatic heterocycles. The van der Waals surface area contributed by atoms with Gasteiger partial charge in [-0.1, -0.05) is 0 Å². The minimum absolute atomic E-state index is 0.242. The highest BCUT2D eigenvalue weighted by molar-refractivity contribution is 5.88. The highest BCUT2D eigenvalue weighted by atomic mass is 16.6. The summed E-state index contributed by atoms with van der Waals surface area (Å²) < 4.78 is 16.3. The molecule has 2 heterocycles. The van der Waals surface area contributed by atoms with Gasteiger partial charge in [0.15, 0.2) is 23.4 Å². The van der Waals surface area contributed by atoms with Crippen molar-refractivity contribution in [3.8, 4) is 23.0 Å². The number of hydrogen-bond donors (Lipinski definition) is 0. The van der Waals surface area contributed by atoms with Crippen LogP contribution in [0.5, 0.6) is 23.0 Å². The Morgan fingerprint density at radius 2 is 1.75 bits per heavy atom. The number of methoxy groups -OCH3 is 2. The van der Waals surface area contributed by atoms with Crippen LogP contribution < -0.4 is 14.2 Å². The van der Waals surface area contributed by atoms with Crippen LogP contribution in [0.25, 0.3) is 10.9 Å². The molecule has 0 fully saturated rings. The first-order valence-electron chi connectivity index (χ1n) is 6.91. The quantitative estimate of drug-likeness (QED) is 0.523. The van der Waals surface area contributed by atoms with Crippen LogP contribution in [0.15, 0.2) is 42.7 Å². The molecule has 0 atom stereocenters. The van der Waals surface area contributed by atoms with E-state index in [1.54, 1.807) is 38.6 Å². The zero-order chi connectivity index (χ0) is 17.1. The second kappa shape index (κ2) is 6.37. The molecule has 0 bridgehead atoms. The fourth-order valence-corrected chi connectivity index (χ4v) is 2.20. The van der Waals surface area contributed by atoms with Gasteiger partial charge < -0.3 is 24.3 Å². The molecule has 122 valence electrons. The fourth-order valence-electron chi connectivity index (χ4n) is 2.20. The number of fused-ring (bicyclic) bond motifs is 1. The van der Waals surface area contributed by atoms with E-state index in [4.69, 9.17) is 14.2 Å². The number of benzene rings is 1. The highest BCUT2D eigenvalue weighted by Crippen LogP contribution is 2.36. The van der Waals surface area contributed by atoms with Crippen LogP contribution in [-0.4, -0.2) is 29.1 Å². The molecule has 8 heteroatoms. The number of hydrogen-bond acceptors (Lipinski definition) is 7. The van der Waals surface area contributed by atoms with Crippen molar-refractivity contribution >= 4 is 16.7 Å². The van der Waals surface area contributed by atoms with Gasteiger partial charge >= 0.3 is 5.82 Å². The summed E-state index contributed by atoms with van der Waals surface area (Å²) in [4.78, 5) is 18.1. The normalized spacial score (nSPS) is 10.4. The van der Waals surface area contributed by atoms with E-state index in [0.717, 1.165) is 0 Å². The minimum atomic E-state index is -0.567. The van der Waals surface area contributed by atoms with Crippen molar-refractivity contribution in [1.29, 1.82) is 0 Å². The van der Waals surface area contributed by atoms with Crippen LogP contribution in [0.4, 0.5) is 5.82 Å². The van der Waals surface area contributed by atoms with Gasteiger partial charge in [-0.25, -0.2) is 0 Å². The zero-order valence-electron chi connectivity index (χ0n) is 12.9. The molecule has 0 aliphatic rings. The Bertz CT molecular complexity index is 896. The number of nitrogens with zero attached hydrogens (tertiary/aromatic N) is 3. The minimum Gasteiger partial charge on any atom is -0.493 e. The monoisotopic (exact) mass is 327 g/mol. The summed E-state index contributed by atoms with van der Waals surface area (Å²) in [5.41, 5.74) is 0.667. The lowest BCUT2D eigenvalue weighted by molar-refractivity contribution is -0.389. The van der Waals surface area contributed by atoms with E-state index in [9.17, 15) is 10.1 Å². The topological polar surface area (TPSA) is 96.6 Å². The van der Waals surface area contributed by atoms with E-state index in [1.165, 1.54) is 18.3 Å². The van der Waals surface area contributed by atoms with Crippen molar-refractivity contribution in [3.63, 3.8) is 0 Å². The molecule has 0 N–H and O–H groups in total. The van der Waals surface area contributed by atoms with Gasteiger partial charge in [0.05, 0.1) is 19.7 Å². The Labute approximate surface area is 136 Å². The van der Waals surface area contributed by atoms with Gasteiger partial charge in [-0.2, -0.15) is 0 Å². The number of aromatic nitrogens is 2. The molecule has 8 nitrogen and oxygen atoms in total. The first-order chi connectivity index (χ1) is 11.6. The van der Waals surface area contributed by atoms with Gasteiger partial charge in [0.25, 0.3) is 0 Å².